The van der Waals surface area contributed by atoms with Crippen LogP contribution in [0.25, 0.3) is 0 Å². The Labute approximate surface area is 116 Å². The molecular formula is C11H18N4O3S. The van der Waals surface area contributed by atoms with Crippen LogP contribution in [0.2, 0.25) is 0 Å². The van der Waals surface area contributed by atoms with E-state index in [9.17, 15) is 4.79 Å². The highest BCUT2D eigenvalue weighted by Gasteiger charge is 2.18. The number of ether oxygens (including phenoxy) is 2. The fourth-order valence-corrected chi connectivity index (χ4v) is 1.99. The predicted molar refractivity (Wildman–Crippen MR) is 73.0 cm³/mol. The van der Waals surface area contributed by atoms with E-state index in [2.05, 4.69) is 15.4 Å². The molecular weight excluding hydrogens is 268 g/mol. The molecule has 0 atom stereocenters. The highest BCUT2D eigenvalue weighted by molar-refractivity contribution is 8.00. The second kappa shape index (κ2) is 6.58. The van der Waals surface area contributed by atoms with Gasteiger partial charge in [0.05, 0.1) is 12.9 Å². The molecule has 106 valence electrons. The topological polar surface area (TPSA) is 99.4 Å². The zero-order valence-corrected chi connectivity index (χ0v) is 12.2. The summed E-state index contributed by atoms with van der Waals surface area (Å²) in [5, 5.41) is 0.524. The molecule has 1 rings (SSSR count). The van der Waals surface area contributed by atoms with E-state index in [-0.39, 0.29) is 11.7 Å². The van der Waals surface area contributed by atoms with Crippen molar-refractivity contribution < 1.29 is 14.3 Å². The van der Waals surface area contributed by atoms with Crippen LogP contribution in [0.3, 0.4) is 0 Å². The van der Waals surface area contributed by atoms with Crippen molar-refractivity contribution in [3.8, 4) is 5.75 Å². The van der Waals surface area contributed by atoms with Crippen molar-refractivity contribution in [2.75, 3.05) is 18.3 Å². The predicted octanol–water partition coefficient (Wildman–Crippen LogP) is 1.20. The van der Waals surface area contributed by atoms with E-state index in [1.54, 1.807) is 0 Å². The summed E-state index contributed by atoms with van der Waals surface area (Å²) in [4.78, 5) is 19.6. The van der Waals surface area contributed by atoms with Crippen LogP contribution >= 0.6 is 11.8 Å². The summed E-state index contributed by atoms with van der Waals surface area (Å²) in [6.07, 6.45) is 1.34. The van der Waals surface area contributed by atoms with Gasteiger partial charge in [0.1, 0.15) is 17.0 Å². The molecule has 0 bridgehead atoms. The molecule has 3 N–H and O–H groups in total. The first kappa shape index (κ1) is 15.5. The van der Waals surface area contributed by atoms with E-state index < -0.39 is 5.60 Å². The average Bonchev–Trinajstić information content (AvgIpc) is 2.33. The lowest BCUT2D eigenvalue weighted by Gasteiger charge is -2.19. The third kappa shape index (κ3) is 4.92. The largest absolute Gasteiger partial charge is 0.490 e. The minimum atomic E-state index is -0.503. The van der Waals surface area contributed by atoms with E-state index in [4.69, 9.17) is 15.3 Å². The van der Waals surface area contributed by atoms with Gasteiger partial charge in [0.25, 0.3) is 0 Å². The monoisotopic (exact) mass is 286 g/mol. The van der Waals surface area contributed by atoms with Gasteiger partial charge in [-0.25, -0.2) is 15.8 Å². The molecule has 1 aromatic heterocycles. The standard InChI is InChI=1S/C11H18N4O3S/c1-11(2,3)18-7(16)5-19-10-8(17-4)9(15-12)13-6-14-10/h6H,5,12H2,1-4H3,(H,13,14,15). The van der Waals surface area contributed by atoms with Gasteiger partial charge in [-0.2, -0.15) is 0 Å². The molecule has 0 saturated heterocycles. The number of nitrogens with zero attached hydrogens (tertiary/aromatic N) is 2. The molecule has 7 nitrogen and oxygen atoms in total. The summed E-state index contributed by atoms with van der Waals surface area (Å²) in [5.41, 5.74) is 1.90. The molecule has 0 spiro atoms. The number of rotatable bonds is 5. The van der Waals surface area contributed by atoms with Gasteiger partial charge in [-0.3, -0.25) is 4.79 Å². The maximum absolute atomic E-state index is 11.6. The number of carbonyl (C=O) groups excluding carboxylic acids is 1. The lowest BCUT2D eigenvalue weighted by molar-refractivity contribution is -0.151. The van der Waals surface area contributed by atoms with Gasteiger partial charge >= 0.3 is 5.97 Å². The van der Waals surface area contributed by atoms with Gasteiger partial charge in [-0.1, -0.05) is 11.8 Å². The highest BCUT2D eigenvalue weighted by atomic mass is 32.2. The zero-order chi connectivity index (χ0) is 14.5. The van der Waals surface area contributed by atoms with Gasteiger partial charge in [-0.05, 0) is 20.8 Å². The first-order valence-electron chi connectivity index (χ1n) is 5.57. The molecule has 0 unspecified atom stereocenters. The van der Waals surface area contributed by atoms with Crippen LogP contribution < -0.4 is 16.0 Å². The lowest BCUT2D eigenvalue weighted by Crippen LogP contribution is -2.25. The minimum absolute atomic E-state index is 0.134. The summed E-state index contributed by atoms with van der Waals surface area (Å²) >= 11 is 1.20. The Morgan fingerprint density at radius 2 is 2.16 bits per heavy atom. The van der Waals surface area contributed by atoms with Gasteiger partial charge in [0, 0.05) is 0 Å². The number of anilines is 1. The summed E-state index contributed by atoms with van der Waals surface area (Å²) in [6, 6.07) is 0. The Bertz CT molecular complexity index is 448. The molecule has 0 fully saturated rings. The van der Waals surface area contributed by atoms with Crippen molar-refractivity contribution >= 4 is 23.5 Å². The second-order valence-corrected chi connectivity index (χ2v) is 5.54. The smallest absolute Gasteiger partial charge is 0.316 e. The van der Waals surface area contributed by atoms with Gasteiger partial charge in [0.15, 0.2) is 11.6 Å². The van der Waals surface area contributed by atoms with Crippen LogP contribution in [0.5, 0.6) is 5.75 Å². The number of thioether (sulfide) groups is 1. The molecule has 0 aromatic carbocycles. The van der Waals surface area contributed by atoms with Crippen LogP contribution in [0.1, 0.15) is 20.8 Å². The summed E-state index contributed by atoms with van der Waals surface area (Å²) < 4.78 is 10.4. The molecule has 0 radical (unpaired) electrons. The number of hydrogen-bond acceptors (Lipinski definition) is 8. The third-order valence-corrected chi connectivity index (χ3v) is 2.80. The fourth-order valence-electron chi connectivity index (χ4n) is 1.25. The Kier molecular flexibility index (Phi) is 5.37. The molecule has 8 heteroatoms. The van der Waals surface area contributed by atoms with E-state index in [1.807, 2.05) is 20.8 Å². The molecule has 0 aliphatic rings. The third-order valence-electron chi connectivity index (χ3n) is 1.86. The van der Waals surface area contributed by atoms with Crippen molar-refractivity contribution in [2.24, 2.45) is 5.84 Å². The maximum atomic E-state index is 11.6. The van der Waals surface area contributed by atoms with Crippen molar-refractivity contribution in [3.63, 3.8) is 0 Å². The highest BCUT2D eigenvalue weighted by Crippen LogP contribution is 2.31. The van der Waals surface area contributed by atoms with Gasteiger partial charge < -0.3 is 14.9 Å². The van der Waals surface area contributed by atoms with E-state index >= 15 is 0 Å². The van der Waals surface area contributed by atoms with Gasteiger partial charge in [0.2, 0.25) is 0 Å². The number of esters is 1. The Balaban J connectivity index is 2.70. The second-order valence-electron chi connectivity index (χ2n) is 4.58. The molecule has 0 aliphatic carbocycles. The van der Waals surface area contributed by atoms with Crippen molar-refractivity contribution in [1.29, 1.82) is 0 Å². The first-order valence-corrected chi connectivity index (χ1v) is 6.56. The Morgan fingerprint density at radius 3 is 2.68 bits per heavy atom. The Morgan fingerprint density at radius 1 is 1.47 bits per heavy atom. The molecule has 0 amide bonds. The number of hydrazine groups is 1. The van der Waals surface area contributed by atoms with Crippen LogP contribution in [0.4, 0.5) is 5.82 Å². The molecule has 0 saturated carbocycles. The van der Waals surface area contributed by atoms with E-state index in [0.717, 1.165) is 0 Å². The van der Waals surface area contributed by atoms with Crippen LogP contribution in [0, 0.1) is 0 Å². The van der Waals surface area contributed by atoms with Gasteiger partial charge in [-0.15, -0.1) is 0 Å². The summed E-state index contributed by atoms with van der Waals surface area (Å²) in [7, 11) is 1.48. The lowest BCUT2D eigenvalue weighted by atomic mass is 10.2. The van der Waals surface area contributed by atoms with Crippen LogP contribution in [-0.2, 0) is 9.53 Å². The van der Waals surface area contributed by atoms with Crippen molar-refractivity contribution in [1.82, 2.24) is 9.97 Å². The normalized spacial score (nSPS) is 11.0. The number of nitrogen functional groups attached to an aromatic ring is 1. The molecule has 0 aliphatic heterocycles. The fraction of sp³-hybridized carbons (Fsp3) is 0.545. The first-order chi connectivity index (χ1) is 8.87. The zero-order valence-electron chi connectivity index (χ0n) is 11.4. The minimum Gasteiger partial charge on any atom is -0.490 e. The van der Waals surface area contributed by atoms with E-state index in [1.165, 1.54) is 25.2 Å². The van der Waals surface area contributed by atoms with Crippen LogP contribution in [-0.4, -0.2) is 34.4 Å². The number of nitrogens with two attached hydrogens (primary N) is 1. The van der Waals surface area contributed by atoms with Crippen molar-refractivity contribution in [3.05, 3.63) is 6.33 Å². The number of methoxy groups -OCH3 is 1. The maximum Gasteiger partial charge on any atom is 0.316 e. The molecule has 1 heterocycles. The molecule has 19 heavy (non-hydrogen) atoms. The van der Waals surface area contributed by atoms with Crippen molar-refractivity contribution in [2.45, 2.75) is 31.4 Å². The number of nitrogens with one attached hydrogen (secondary N) is 1. The van der Waals surface area contributed by atoms with E-state index in [0.29, 0.717) is 16.6 Å². The number of carbonyl (C=O) groups is 1. The number of aromatic nitrogens is 2. The molecule has 1 aromatic rings. The number of hydrogen-bond donors (Lipinski definition) is 2. The quantitative estimate of drug-likeness (QED) is 0.274. The summed E-state index contributed by atoms with van der Waals surface area (Å²) in [5.74, 6) is 5.89. The SMILES string of the molecule is COc1c(NN)ncnc1SCC(=O)OC(C)(C)C. The summed E-state index contributed by atoms with van der Waals surface area (Å²) in [6.45, 7) is 5.45. The van der Waals surface area contributed by atoms with Crippen LogP contribution in [0.15, 0.2) is 11.4 Å². The Hall–Kier alpha value is -1.54. The average molecular weight is 286 g/mol.